The van der Waals surface area contributed by atoms with Crippen molar-refractivity contribution < 1.29 is 13.2 Å². The van der Waals surface area contributed by atoms with E-state index in [9.17, 15) is 13.2 Å². The highest BCUT2D eigenvalue weighted by Gasteiger charge is 2.39. The number of sulfone groups is 1. The second kappa shape index (κ2) is 5.93. The lowest BCUT2D eigenvalue weighted by molar-refractivity contribution is -0.133. The van der Waals surface area contributed by atoms with E-state index in [4.69, 9.17) is 5.26 Å². The Kier molecular flexibility index (Phi) is 4.59. The molecule has 0 radical (unpaired) electrons. The van der Waals surface area contributed by atoms with Crippen LogP contribution in [0.5, 0.6) is 0 Å². The van der Waals surface area contributed by atoms with Crippen molar-refractivity contribution >= 4 is 15.7 Å². The van der Waals surface area contributed by atoms with Gasteiger partial charge in [-0.25, -0.2) is 8.42 Å². The molecule has 21 heavy (non-hydrogen) atoms. The van der Waals surface area contributed by atoms with Crippen LogP contribution in [0.4, 0.5) is 0 Å². The summed E-state index contributed by atoms with van der Waals surface area (Å²) in [5, 5.41) is 8.30. The van der Waals surface area contributed by atoms with E-state index >= 15 is 0 Å². The molecule has 2 heterocycles. The molecule has 0 saturated carbocycles. The minimum absolute atomic E-state index is 0.130. The van der Waals surface area contributed by atoms with E-state index in [0.717, 1.165) is 6.42 Å². The molecule has 0 bridgehead atoms. The molecule has 0 aromatic rings. The van der Waals surface area contributed by atoms with Crippen LogP contribution in [0.2, 0.25) is 0 Å². The Balaban J connectivity index is 1.99. The lowest BCUT2D eigenvalue weighted by Gasteiger charge is -2.41. The normalized spacial score (nSPS) is 27.1. The summed E-state index contributed by atoms with van der Waals surface area (Å²) >= 11 is 0. The average molecular weight is 313 g/mol. The van der Waals surface area contributed by atoms with E-state index in [0.29, 0.717) is 39.0 Å². The highest BCUT2D eigenvalue weighted by Crippen LogP contribution is 2.23. The molecule has 6 nitrogen and oxygen atoms in total. The zero-order valence-electron chi connectivity index (χ0n) is 12.7. The molecular formula is C14H23N3O3S. The zero-order valence-corrected chi connectivity index (χ0v) is 13.5. The number of nitrogens with zero attached hydrogens (tertiary/aromatic N) is 3. The van der Waals surface area contributed by atoms with Gasteiger partial charge >= 0.3 is 0 Å². The van der Waals surface area contributed by atoms with E-state index in [-0.39, 0.29) is 11.7 Å². The summed E-state index contributed by atoms with van der Waals surface area (Å²) in [5.41, 5.74) is -0.550. The molecule has 0 spiro atoms. The molecule has 1 amide bonds. The number of carbonyl (C=O) groups is 1. The van der Waals surface area contributed by atoms with E-state index in [1.54, 1.807) is 4.90 Å². The molecule has 2 fully saturated rings. The Morgan fingerprint density at radius 2 is 1.81 bits per heavy atom. The van der Waals surface area contributed by atoms with Crippen molar-refractivity contribution in [2.75, 3.05) is 31.9 Å². The molecule has 0 aromatic carbocycles. The van der Waals surface area contributed by atoms with Gasteiger partial charge in [-0.3, -0.25) is 9.69 Å². The Morgan fingerprint density at radius 1 is 1.19 bits per heavy atom. The summed E-state index contributed by atoms with van der Waals surface area (Å²) in [6.07, 6.45) is 1.92. The lowest BCUT2D eigenvalue weighted by Crippen LogP contribution is -2.57. The number of hydrogen-bond donors (Lipinski definition) is 0. The topological polar surface area (TPSA) is 81.5 Å². The predicted molar refractivity (Wildman–Crippen MR) is 79.3 cm³/mol. The van der Waals surface area contributed by atoms with Gasteiger partial charge in [0.2, 0.25) is 5.91 Å². The van der Waals surface area contributed by atoms with E-state index < -0.39 is 20.6 Å². The molecule has 0 aliphatic carbocycles. The number of nitriles is 1. The highest BCUT2D eigenvalue weighted by atomic mass is 32.2. The maximum absolute atomic E-state index is 12.5. The minimum Gasteiger partial charge on any atom is -0.339 e. The van der Waals surface area contributed by atoms with Crippen molar-refractivity contribution in [3.8, 4) is 6.07 Å². The van der Waals surface area contributed by atoms with Gasteiger partial charge < -0.3 is 4.90 Å². The van der Waals surface area contributed by atoms with Crippen LogP contribution < -0.4 is 0 Å². The van der Waals surface area contributed by atoms with Crippen molar-refractivity contribution in [3.05, 3.63) is 0 Å². The third-order valence-electron chi connectivity index (χ3n) is 4.51. The highest BCUT2D eigenvalue weighted by molar-refractivity contribution is 7.92. The molecule has 1 unspecified atom stereocenters. The quantitative estimate of drug-likeness (QED) is 0.737. The van der Waals surface area contributed by atoms with E-state index in [2.05, 4.69) is 6.07 Å². The summed E-state index contributed by atoms with van der Waals surface area (Å²) < 4.78 is 24.1. The Hall–Kier alpha value is -1.13. The average Bonchev–Trinajstić information content (AvgIpc) is 2.46. The van der Waals surface area contributed by atoms with Crippen LogP contribution in [-0.4, -0.2) is 66.8 Å². The van der Waals surface area contributed by atoms with Gasteiger partial charge in [0.25, 0.3) is 0 Å². The Morgan fingerprint density at radius 3 is 2.33 bits per heavy atom. The molecule has 2 saturated heterocycles. The molecule has 7 heteroatoms. The van der Waals surface area contributed by atoms with Gasteiger partial charge in [0.1, 0.15) is 10.8 Å². The smallest absolute Gasteiger partial charge is 0.240 e. The molecule has 1 atom stereocenters. The standard InChI is InChI=1S/C14H23N3O3S/c1-14(2,11-15)17-8-6-16(7-9-17)13(18)12-5-3-4-10-21(12,19)20/h12H,3-10H2,1-2H3. The predicted octanol–water partition coefficient (Wildman–Crippen LogP) is 0.400. The SMILES string of the molecule is CC(C)(C#N)N1CCN(C(=O)C2CCCCS2(=O)=O)CC1. The van der Waals surface area contributed by atoms with Gasteiger partial charge in [-0.05, 0) is 26.7 Å². The molecule has 118 valence electrons. The van der Waals surface area contributed by atoms with E-state index in [1.807, 2.05) is 18.7 Å². The lowest BCUT2D eigenvalue weighted by atomic mass is 10.0. The first kappa shape index (κ1) is 16.2. The fourth-order valence-electron chi connectivity index (χ4n) is 2.99. The number of rotatable bonds is 2. The number of hydrogen-bond acceptors (Lipinski definition) is 5. The van der Waals surface area contributed by atoms with Crippen molar-refractivity contribution in [3.63, 3.8) is 0 Å². The van der Waals surface area contributed by atoms with Gasteiger partial charge in [0, 0.05) is 26.2 Å². The van der Waals surface area contributed by atoms with Crippen LogP contribution >= 0.6 is 0 Å². The largest absolute Gasteiger partial charge is 0.339 e. The van der Waals surface area contributed by atoms with Crippen molar-refractivity contribution in [1.82, 2.24) is 9.80 Å². The molecule has 0 aromatic heterocycles. The third-order valence-corrected chi connectivity index (χ3v) is 6.67. The molecule has 2 aliphatic rings. The van der Waals surface area contributed by atoms with Crippen LogP contribution in [-0.2, 0) is 14.6 Å². The third kappa shape index (κ3) is 3.38. The first-order valence-corrected chi connectivity index (χ1v) is 9.16. The van der Waals surface area contributed by atoms with Crippen molar-refractivity contribution in [2.24, 2.45) is 0 Å². The monoisotopic (exact) mass is 313 g/mol. The number of amides is 1. The minimum atomic E-state index is -3.28. The van der Waals surface area contributed by atoms with Gasteiger partial charge in [0.05, 0.1) is 11.8 Å². The summed E-state index contributed by atoms with van der Waals surface area (Å²) in [4.78, 5) is 16.1. The number of piperazine rings is 1. The van der Waals surface area contributed by atoms with Crippen LogP contribution in [0.25, 0.3) is 0 Å². The van der Waals surface area contributed by atoms with Gasteiger partial charge in [0.15, 0.2) is 9.84 Å². The van der Waals surface area contributed by atoms with Crippen molar-refractivity contribution in [1.29, 1.82) is 5.26 Å². The summed E-state index contributed by atoms with van der Waals surface area (Å²) in [6, 6.07) is 2.26. The zero-order chi connectivity index (χ0) is 15.7. The molecular weight excluding hydrogens is 290 g/mol. The molecule has 2 aliphatic heterocycles. The summed E-state index contributed by atoms with van der Waals surface area (Å²) in [6.45, 7) is 5.93. The molecule has 2 rings (SSSR count). The summed E-state index contributed by atoms with van der Waals surface area (Å²) in [7, 11) is -3.28. The van der Waals surface area contributed by atoms with Crippen LogP contribution in [0, 0.1) is 11.3 Å². The van der Waals surface area contributed by atoms with Gasteiger partial charge in [-0.15, -0.1) is 0 Å². The van der Waals surface area contributed by atoms with Crippen LogP contribution in [0.1, 0.15) is 33.1 Å². The summed E-state index contributed by atoms with van der Waals surface area (Å²) in [5.74, 6) is -0.116. The van der Waals surface area contributed by atoms with E-state index in [1.165, 1.54) is 0 Å². The first-order chi connectivity index (χ1) is 9.78. The Labute approximate surface area is 126 Å². The van der Waals surface area contributed by atoms with Gasteiger partial charge in [-0.1, -0.05) is 6.42 Å². The number of carbonyl (C=O) groups excluding carboxylic acids is 1. The Bertz CT molecular complexity index is 542. The first-order valence-electron chi connectivity index (χ1n) is 7.44. The second-order valence-electron chi connectivity index (χ2n) is 6.33. The second-order valence-corrected chi connectivity index (χ2v) is 8.64. The van der Waals surface area contributed by atoms with Crippen LogP contribution in [0.15, 0.2) is 0 Å². The molecule has 0 N–H and O–H groups in total. The van der Waals surface area contributed by atoms with Crippen molar-refractivity contribution in [2.45, 2.75) is 43.9 Å². The van der Waals surface area contributed by atoms with Gasteiger partial charge in [-0.2, -0.15) is 5.26 Å². The van der Waals surface area contributed by atoms with Crippen LogP contribution in [0.3, 0.4) is 0 Å². The fraction of sp³-hybridized carbons (Fsp3) is 0.857. The maximum Gasteiger partial charge on any atom is 0.240 e. The maximum atomic E-state index is 12.5. The fourth-order valence-corrected chi connectivity index (χ4v) is 4.87.